The van der Waals surface area contributed by atoms with E-state index in [1.54, 1.807) is 12.1 Å². The molecule has 5 heteroatoms. The molecule has 0 aliphatic carbocycles. The molecule has 1 saturated heterocycles. The van der Waals surface area contributed by atoms with Gasteiger partial charge >= 0.3 is 0 Å². The number of amides is 1. The summed E-state index contributed by atoms with van der Waals surface area (Å²) in [6.45, 7) is 4.48. The maximum Gasteiger partial charge on any atom is 0.251 e. The molecule has 4 nitrogen and oxygen atoms in total. The van der Waals surface area contributed by atoms with E-state index in [1.807, 2.05) is 4.90 Å². The van der Waals surface area contributed by atoms with Gasteiger partial charge in [-0.3, -0.25) is 4.79 Å². The number of anilines is 1. The van der Waals surface area contributed by atoms with Crippen molar-refractivity contribution in [1.82, 2.24) is 5.32 Å². The number of benzene rings is 1. The van der Waals surface area contributed by atoms with Gasteiger partial charge in [0.15, 0.2) is 0 Å². The maximum absolute atomic E-state index is 14.2. The SMILES string of the molecule is CCCC(CCO)CNC(=O)c1ccc(N2CCCC2)c(F)c1. The lowest BCUT2D eigenvalue weighted by molar-refractivity contribution is 0.0942. The second-order valence-corrected chi connectivity index (χ2v) is 6.24. The van der Waals surface area contributed by atoms with Crippen LogP contribution in [0.3, 0.4) is 0 Å². The molecule has 0 bridgehead atoms. The third-order valence-corrected chi connectivity index (χ3v) is 4.44. The summed E-state index contributed by atoms with van der Waals surface area (Å²) in [5.41, 5.74) is 0.938. The average Bonchev–Trinajstić information content (AvgIpc) is 3.06. The van der Waals surface area contributed by atoms with Crippen LogP contribution < -0.4 is 10.2 Å². The van der Waals surface area contributed by atoms with E-state index in [0.29, 0.717) is 24.2 Å². The molecule has 1 amide bonds. The van der Waals surface area contributed by atoms with Gasteiger partial charge in [-0.25, -0.2) is 4.39 Å². The average molecular weight is 322 g/mol. The van der Waals surface area contributed by atoms with E-state index in [0.717, 1.165) is 38.8 Å². The van der Waals surface area contributed by atoms with Crippen LogP contribution in [0.15, 0.2) is 18.2 Å². The lowest BCUT2D eigenvalue weighted by Crippen LogP contribution is -2.30. The first kappa shape index (κ1) is 17.7. The van der Waals surface area contributed by atoms with Gasteiger partial charge in [0.05, 0.1) is 5.69 Å². The van der Waals surface area contributed by atoms with E-state index in [1.165, 1.54) is 6.07 Å². The number of aliphatic hydroxyl groups is 1. The van der Waals surface area contributed by atoms with Gasteiger partial charge in [-0.05, 0) is 49.8 Å². The van der Waals surface area contributed by atoms with Crippen LogP contribution in [0.1, 0.15) is 49.4 Å². The fourth-order valence-corrected chi connectivity index (χ4v) is 3.14. The highest BCUT2D eigenvalue weighted by Gasteiger charge is 2.18. The number of halogens is 1. The van der Waals surface area contributed by atoms with Gasteiger partial charge in [0.2, 0.25) is 0 Å². The Kier molecular flexibility index (Phi) is 6.84. The monoisotopic (exact) mass is 322 g/mol. The van der Waals surface area contributed by atoms with Crippen LogP contribution in [0.2, 0.25) is 0 Å². The van der Waals surface area contributed by atoms with E-state index in [-0.39, 0.29) is 24.2 Å². The second-order valence-electron chi connectivity index (χ2n) is 6.24. The smallest absolute Gasteiger partial charge is 0.251 e. The Labute approximate surface area is 137 Å². The summed E-state index contributed by atoms with van der Waals surface area (Å²) in [7, 11) is 0. The molecule has 1 aliphatic rings. The Morgan fingerprint density at radius 1 is 1.35 bits per heavy atom. The van der Waals surface area contributed by atoms with E-state index < -0.39 is 0 Å². The molecule has 23 heavy (non-hydrogen) atoms. The number of carbonyl (C=O) groups is 1. The fourth-order valence-electron chi connectivity index (χ4n) is 3.14. The van der Waals surface area contributed by atoms with E-state index in [4.69, 9.17) is 5.11 Å². The number of carbonyl (C=O) groups excluding carboxylic acids is 1. The Hall–Kier alpha value is -1.62. The number of aliphatic hydroxyl groups excluding tert-OH is 1. The summed E-state index contributed by atoms with van der Waals surface area (Å²) in [6, 6.07) is 4.71. The molecule has 0 saturated carbocycles. The third-order valence-electron chi connectivity index (χ3n) is 4.44. The molecule has 0 aromatic heterocycles. The second kappa shape index (κ2) is 8.87. The van der Waals surface area contributed by atoms with Crippen LogP contribution >= 0.6 is 0 Å². The molecule has 1 heterocycles. The highest BCUT2D eigenvalue weighted by Crippen LogP contribution is 2.24. The molecular weight excluding hydrogens is 295 g/mol. The van der Waals surface area contributed by atoms with Crippen molar-refractivity contribution in [3.05, 3.63) is 29.6 Å². The fraction of sp³-hybridized carbons (Fsp3) is 0.611. The minimum Gasteiger partial charge on any atom is -0.396 e. The van der Waals surface area contributed by atoms with Crippen LogP contribution in [0.25, 0.3) is 0 Å². The quantitative estimate of drug-likeness (QED) is 0.774. The van der Waals surface area contributed by atoms with Crippen LogP contribution in [0.4, 0.5) is 10.1 Å². The summed E-state index contributed by atoms with van der Waals surface area (Å²) in [5, 5.41) is 11.9. The number of nitrogens with one attached hydrogen (secondary N) is 1. The van der Waals surface area contributed by atoms with Crippen molar-refractivity contribution >= 4 is 11.6 Å². The zero-order valence-electron chi connectivity index (χ0n) is 13.9. The molecule has 1 atom stereocenters. The summed E-state index contributed by atoms with van der Waals surface area (Å²) < 4.78 is 14.2. The van der Waals surface area contributed by atoms with Crippen molar-refractivity contribution in [3.63, 3.8) is 0 Å². The molecule has 0 radical (unpaired) electrons. The number of hydrogen-bond acceptors (Lipinski definition) is 3. The van der Waals surface area contributed by atoms with Crippen molar-refractivity contribution in [2.45, 2.75) is 39.0 Å². The molecule has 2 N–H and O–H groups in total. The zero-order chi connectivity index (χ0) is 16.7. The molecular formula is C18H27FN2O2. The summed E-state index contributed by atoms with van der Waals surface area (Å²) in [5.74, 6) is -0.321. The van der Waals surface area contributed by atoms with E-state index in [9.17, 15) is 9.18 Å². The minimum atomic E-state index is -0.333. The lowest BCUT2D eigenvalue weighted by Gasteiger charge is -2.19. The Balaban J connectivity index is 1.95. The van der Waals surface area contributed by atoms with E-state index >= 15 is 0 Å². The molecule has 1 aliphatic heterocycles. The number of nitrogens with zero attached hydrogens (tertiary/aromatic N) is 1. The van der Waals surface area contributed by atoms with Gasteiger partial charge in [-0.2, -0.15) is 0 Å². The first-order chi connectivity index (χ1) is 11.2. The molecule has 2 rings (SSSR count). The largest absolute Gasteiger partial charge is 0.396 e. The van der Waals surface area contributed by atoms with Gasteiger partial charge in [0.25, 0.3) is 5.91 Å². The Morgan fingerprint density at radius 2 is 2.09 bits per heavy atom. The predicted octanol–water partition coefficient (Wildman–Crippen LogP) is 2.95. The standard InChI is InChI=1S/C18H27FN2O2/c1-2-5-14(8-11-22)13-20-18(23)15-6-7-17(16(19)12-15)21-9-3-4-10-21/h6-7,12,14,22H,2-5,8-11,13H2,1H3,(H,20,23). The van der Waals surface area contributed by atoms with Gasteiger partial charge < -0.3 is 15.3 Å². The third kappa shape index (κ3) is 4.93. The highest BCUT2D eigenvalue weighted by atomic mass is 19.1. The van der Waals surface area contributed by atoms with Crippen molar-refractivity contribution in [2.75, 3.05) is 31.1 Å². The van der Waals surface area contributed by atoms with Gasteiger partial charge in [-0.1, -0.05) is 13.3 Å². The Morgan fingerprint density at radius 3 is 2.70 bits per heavy atom. The number of hydrogen-bond donors (Lipinski definition) is 2. The van der Waals surface area contributed by atoms with Crippen LogP contribution in [0.5, 0.6) is 0 Å². The molecule has 0 spiro atoms. The maximum atomic E-state index is 14.2. The normalized spacial score (nSPS) is 15.7. The van der Waals surface area contributed by atoms with Crippen molar-refractivity contribution in [2.24, 2.45) is 5.92 Å². The summed E-state index contributed by atoms with van der Waals surface area (Å²) in [6.07, 6.45) is 4.83. The molecule has 128 valence electrons. The van der Waals surface area contributed by atoms with Crippen molar-refractivity contribution < 1.29 is 14.3 Å². The molecule has 1 unspecified atom stereocenters. The highest BCUT2D eigenvalue weighted by molar-refractivity contribution is 5.94. The predicted molar refractivity (Wildman–Crippen MR) is 90.3 cm³/mol. The van der Waals surface area contributed by atoms with Crippen LogP contribution in [-0.2, 0) is 0 Å². The van der Waals surface area contributed by atoms with Crippen molar-refractivity contribution in [1.29, 1.82) is 0 Å². The first-order valence-electron chi connectivity index (χ1n) is 8.59. The Bertz CT molecular complexity index is 510. The van der Waals surface area contributed by atoms with E-state index in [2.05, 4.69) is 12.2 Å². The van der Waals surface area contributed by atoms with Gasteiger partial charge in [0.1, 0.15) is 5.82 Å². The zero-order valence-corrected chi connectivity index (χ0v) is 13.9. The summed E-state index contributed by atoms with van der Waals surface area (Å²) >= 11 is 0. The topological polar surface area (TPSA) is 52.6 Å². The minimum absolute atomic E-state index is 0.125. The van der Waals surface area contributed by atoms with Crippen LogP contribution in [-0.4, -0.2) is 37.3 Å². The number of rotatable bonds is 8. The molecule has 1 fully saturated rings. The molecule has 1 aromatic carbocycles. The van der Waals surface area contributed by atoms with Gasteiger partial charge in [0, 0.05) is 31.8 Å². The van der Waals surface area contributed by atoms with Gasteiger partial charge in [-0.15, -0.1) is 0 Å². The first-order valence-corrected chi connectivity index (χ1v) is 8.59. The molecule has 1 aromatic rings. The lowest BCUT2D eigenvalue weighted by atomic mass is 10.00. The van der Waals surface area contributed by atoms with Crippen molar-refractivity contribution in [3.8, 4) is 0 Å². The van der Waals surface area contributed by atoms with Crippen LogP contribution in [0, 0.1) is 11.7 Å². The summed E-state index contributed by atoms with van der Waals surface area (Å²) in [4.78, 5) is 14.2.